The van der Waals surface area contributed by atoms with Crippen molar-refractivity contribution >= 4 is 23.3 Å². The van der Waals surface area contributed by atoms with Crippen molar-refractivity contribution < 1.29 is 18.0 Å². The highest BCUT2D eigenvalue weighted by molar-refractivity contribution is 6.31. The van der Waals surface area contributed by atoms with Crippen LogP contribution in [0.2, 0.25) is 5.02 Å². The number of aromatic nitrogens is 5. The lowest BCUT2D eigenvalue weighted by atomic mass is 10.1. The number of nitrogens with one attached hydrogen (secondary N) is 2. The SMILES string of the molecule is O=C(NCCNc1ccc(C(F)(F)F)cn1)c1cc(Cl)ccc1-n1cnnn1. The first-order chi connectivity index (χ1) is 13.3. The molecular formula is C16H13ClF3N7O. The highest BCUT2D eigenvalue weighted by Gasteiger charge is 2.30. The van der Waals surface area contributed by atoms with E-state index in [0.29, 0.717) is 10.7 Å². The molecular weight excluding hydrogens is 399 g/mol. The van der Waals surface area contributed by atoms with Gasteiger partial charge >= 0.3 is 6.18 Å². The fourth-order valence-corrected chi connectivity index (χ4v) is 2.46. The van der Waals surface area contributed by atoms with E-state index in [2.05, 4.69) is 31.1 Å². The Hall–Kier alpha value is -3.21. The van der Waals surface area contributed by atoms with E-state index in [9.17, 15) is 18.0 Å². The summed E-state index contributed by atoms with van der Waals surface area (Å²) in [5, 5.41) is 16.7. The Balaban J connectivity index is 1.57. The molecule has 0 aliphatic carbocycles. The number of nitrogens with zero attached hydrogens (tertiary/aromatic N) is 5. The summed E-state index contributed by atoms with van der Waals surface area (Å²) < 4.78 is 38.9. The van der Waals surface area contributed by atoms with Crippen molar-refractivity contribution in [3.63, 3.8) is 0 Å². The van der Waals surface area contributed by atoms with E-state index in [1.807, 2.05) is 0 Å². The minimum absolute atomic E-state index is 0.198. The van der Waals surface area contributed by atoms with Gasteiger partial charge in [0.2, 0.25) is 0 Å². The largest absolute Gasteiger partial charge is 0.417 e. The number of rotatable bonds is 6. The predicted molar refractivity (Wildman–Crippen MR) is 94.2 cm³/mol. The molecule has 0 aliphatic heterocycles. The third-order valence-corrected chi connectivity index (χ3v) is 3.84. The number of carbonyl (C=O) groups excluding carboxylic acids is 1. The van der Waals surface area contributed by atoms with Crippen LogP contribution in [0.1, 0.15) is 15.9 Å². The minimum atomic E-state index is -4.44. The van der Waals surface area contributed by atoms with Crippen LogP contribution in [0.3, 0.4) is 0 Å². The maximum atomic E-state index is 12.5. The molecule has 0 radical (unpaired) electrons. The molecule has 2 N–H and O–H groups in total. The van der Waals surface area contributed by atoms with Gasteiger partial charge in [0.15, 0.2) is 0 Å². The molecule has 0 spiro atoms. The molecule has 3 aromatic rings. The van der Waals surface area contributed by atoms with Crippen molar-refractivity contribution in [1.29, 1.82) is 0 Å². The zero-order valence-electron chi connectivity index (χ0n) is 14.1. The fraction of sp³-hybridized carbons (Fsp3) is 0.188. The zero-order valence-corrected chi connectivity index (χ0v) is 14.9. The van der Waals surface area contributed by atoms with Gasteiger partial charge in [-0.3, -0.25) is 4.79 Å². The van der Waals surface area contributed by atoms with E-state index in [4.69, 9.17) is 11.6 Å². The molecule has 3 rings (SSSR count). The molecule has 0 saturated heterocycles. The number of hydrogen-bond donors (Lipinski definition) is 2. The molecule has 8 nitrogen and oxygen atoms in total. The monoisotopic (exact) mass is 411 g/mol. The minimum Gasteiger partial charge on any atom is -0.368 e. The second-order valence-electron chi connectivity index (χ2n) is 5.53. The van der Waals surface area contributed by atoms with Crippen molar-refractivity contribution in [3.8, 4) is 5.69 Å². The molecule has 0 fully saturated rings. The molecule has 0 atom stereocenters. The number of hydrogen-bond acceptors (Lipinski definition) is 6. The standard InChI is InChI=1S/C16H13ClF3N7O/c17-11-2-3-13(27-9-24-25-26-27)12(7-11)15(28)22-6-5-21-14-4-1-10(8-23-14)16(18,19)20/h1-4,7-9H,5-6H2,(H,21,23)(H,22,28). The van der Waals surface area contributed by atoms with E-state index < -0.39 is 17.6 Å². The van der Waals surface area contributed by atoms with Crippen LogP contribution in [-0.2, 0) is 6.18 Å². The van der Waals surface area contributed by atoms with Crippen LogP contribution in [0, 0.1) is 0 Å². The van der Waals surface area contributed by atoms with Gasteiger partial charge in [-0.1, -0.05) is 11.6 Å². The smallest absolute Gasteiger partial charge is 0.368 e. The van der Waals surface area contributed by atoms with Gasteiger partial charge in [-0.05, 0) is 40.8 Å². The van der Waals surface area contributed by atoms with E-state index >= 15 is 0 Å². The van der Waals surface area contributed by atoms with Crippen molar-refractivity contribution in [3.05, 3.63) is 59.0 Å². The van der Waals surface area contributed by atoms with Crippen molar-refractivity contribution in [2.45, 2.75) is 6.18 Å². The molecule has 28 heavy (non-hydrogen) atoms. The number of benzene rings is 1. The topological polar surface area (TPSA) is 97.6 Å². The van der Waals surface area contributed by atoms with Crippen LogP contribution in [-0.4, -0.2) is 44.2 Å². The maximum Gasteiger partial charge on any atom is 0.417 e. The number of tetrazole rings is 1. The highest BCUT2D eigenvalue weighted by Crippen LogP contribution is 2.28. The predicted octanol–water partition coefficient (Wildman–Crippen LogP) is 2.57. The Morgan fingerprint density at radius 2 is 2.00 bits per heavy atom. The summed E-state index contributed by atoms with van der Waals surface area (Å²) in [5.74, 6) is -0.144. The van der Waals surface area contributed by atoms with Gasteiger partial charge in [0.25, 0.3) is 5.91 Å². The number of carbonyl (C=O) groups is 1. The van der Waals surface area contributed by atoms with Gasteiger partial charge in [-0.15, -0.1) is 5.10 Å². The van der Waals surface area contributed by atoms with Gasteiger partial charge in [-0.25, -0.2) is 4.98 Å². The summed E-state index contributed by atoms with van der Waals surface area (Å²) in [4.78, 5) is 16.2. The average molecular weight is 412 g/mol. The molecule has 1 amide bonds. The van der Waals surface area contributed by atoms with E-state index in [-0.39, 0.29) is 24.5 Å². The van der Waals surface area contributed by atoms with Crippen LogP contribution < -0.4 is 10.6 Å². The third-order valence-electron chi connectivity index (χ3n) is 3.61. The Morgan fingerprint density at radius 1 is 1.18 bits per heavy atom. The lowest BCUT2D eigenvalue weighted by Gasteiger charge is -2.11. The normalized spacial score (nSPS) is 11.3. The summed E-state index contributed by atoms with van der Waals surface area (Å²) in [5.41, 5.74) is -0.112. The first-order valence-corrected chi connectivity index (χ1v) is 8.30. The second-order valence-corrected chi connectivity index (χ2v) is 5.96. The Morgan fingerprint density at radius 3 is 2.64 bits per heavy atom. The molecule has 0 unspecified atom stereocenters. The lowest BCUT2D eigenvalue weighted by molar-refractivity contribution is -0.137. The van der Waals surface area contributed by atoms with Crippen LogP contribution in [0.25, 0.3) is 5.69 Å². The van der Waals surface area contributed by atoms with E-state index in [0.717, 1.165) is 12.3 Å². The summed E-state index contributed by atoms with van der Waals surface area (Å²) in [6.07, 6.45) is -2.35. The Bertz CT molecular complexity index is 946. The van der Waals surface area contributed by atoms with Crippen LogP contribution in [0.4, 0.5) is 19.0 Å². The first-order valence-electron chi connectivity index (χ1n) is 7.93. The van der Waals surface area contributed by atoms with Crippen LogP contribution in [0.15, 0.2) is 42.9 Å². The van der Waals surface area contributed by atoms with Crippen molar-refractivity contribution in [2.75, 3.05) is 18.4 Å². The molecule has 2 aromatic heterocycles. The Labute approximate surface area is 161 Å². The van der Waals surface area contributed by atoms with Crippen molar-refractivity contribution in [2.24, 2.45) is 0 Å². The van der Waals surface area contributed by atoms with Gasteiger partial charge in [-0.2, -0.15) is 17.9 Å². The average Bonchev–Trinajstić information content (AvgIpc) is 3.19. The summed E-state index contributed by atoms with van der Waals surface area (Å²) in [7, 11) is 0. The zero-order chi connectivity index (χ0) is 20.1. The second kappa shape index (κ2) is 8.21. The van der Waals surface area contributed by atoms with Gasteiger partial charge < -0.3 is 10.6 Å². The molecule has 1 aromatic carbocycles. The third kappa shape index (κ3) is 4.74. The van der Waals surface area contributed by atoms with Gasteiger partial charge in [0.05, 0.1) is 16.8 Å². The molecule has 2 heterocycles. The van der Waals surface area contributed by atoms with Crippen LogP contribution >= 0.6 is 11.6 Å². The Kier molecular flexibility index (Phi) is 5.73. The highest BCUT2D eigenvalue weighted by atomic mass is 35.5. The molecule has 12 heteroatoms. The first kappa shape index (κ1) is 19.5. The van der Waals surface area contributed by atoms with Gasteiger partial charge in [0.1, 0.15) is 12.1 Å². The summed E-state index contributed by atoms with van der Waals surface area (Å²) in [6.45, 7) is 0.452. The quantitative estimate of drug-likeness (QED) is 0.605. The number of anilines is 1. The summed E-state index contributed by atoms with van der Waals surface area (Å²) >= 11 is 5.97. The number of alkyl halides is 3. The molecule has 146 valence electrons. The molecule has 0 bridgehead atoms. The van der Waals surface area contributed by atoms with Crippen LogP contribution in [0.5, 0.6) is 0 Å². The van der Waals surface area contributed by atoms with E-state index in [1.54, 1.807) is 12.1 Å². The number of halogens is 4. The summed E-state index contributed by atoms with van der Waals surface area (Å²) in [6, 6.07) is 6.85. The maximum absolute atomic E-state index is 12.5. The van der Waals surface area contributed by atoms with Gasteiger partial charge in [0, 0.05) is 24.3 Å². The van der Waals surface area contributed by atoms with Crippen molar-refractivity contribution in [1.82, 2.24) is 30.5 Å². The lowest BCUT2D eigenvalue weighted by Crippen LogP contribution is -2.29. The molecule has 0 aliphatic rings. The van der Waals surface area contributed by atoms with E-state index in [1.165, 1.54) is 23.1 Å². The number of pyridine rings is 1. The fourth-order valence-electron chi connectivity index (χ4n) is 2.29. The number of amides is 1. The molecule has 0 saturated carbocycles.